The highest BCUT2D eigenvalue weighted by atomic mass is 35.5. The second-order valence-corrected chi connectivity index (χ2v) is 4.23. The molecule has 82 valence electrons. The van der Waals surface area contributed by atoms with Crippen LogP contribution in [0.2, 0.25) is 5.02 Å². The molecule has 0 bridgehead atoms. The summed E-state index contributed by atoms with van der Waals surface area (Å²) in [7, 11) is 0. The maximum Gasteiger partial charge on any atom is 0.141 e. The van der Waals surface area contributed by atoms with Gasteiger partial charge in [0.1, 0.15) is 5.82 Å². The van der Waals surface area contributed by atoms with Gasteiger partial charge in [0, 0.05) is 19.1 Å². The molecule has 1 aliphatic rings. The van der Waals surface area contributed by atoms with Gasteiger partial charge in [-0.1, -0.05) is 17.7 Å². The zero-order valence-electron chi connectivity index (χ0n) is 8.39. The summed E-state index contributed by atoms with van der Waals surface area (Å²) in [5.74, 6) is -0.358. The van der Waals surface area contributed by atoms with Crippen molar-refractivity contribution in [1.29, 1.82) is 0 Å². The van der Waals surface area contributed by atoms with Gasteiger partial charge in [-0.15, -0.1) is 0 Å². The van der Waals surface area contributed by atoms with Crippen LogP contribution < -0.4 is 10.6 Å². The second-order valence-electron chi connectivity index (χ2n) is 3.82. The number of nitrogens with one attached hydrogen (secondary N) is 2. The minimum absolute atomic E-state index is 0.193. The van der Waals surface area contributed by atoms with Crippen LogP contribution in [-0.2, 0) is 6.54 Å². The largest absolute Gasteiger partial charge is 0.315 e. The van der Waals surface area contributed by atoms with Crippen LogP contribution >= 0.6 is 11.6 Å². The fourth-order valence-electron chi connectivity index (χ4n) is 1.74. The van der Waals surface area contributed by atoms with E-state index < -0.39 is 0 Å². The molecule has 0 aromatic heterocycles. The highest BCUT2D eigenvalue weighted by molar-refractivity contribution is 6.30. The van der Waals surface area contributed by atoms with Gasteiger partial charge in [0.05, 0.1) is 5.02 Å². The lowest BCUT2D eigenvalue weighted by Gasteiger charge is -2.11. The Labute approximate surface area is 93.8 Å². The molecule has 1 atom stereocenters. The summed E-state index contributed by atoms with van der Waals surface area (Å²) in [5, 5.41) is 6.87. The first-order valence-corrected chi connectivity index (χ1v) is 5.51. The van der Waals surface area contributed by atoms with Crippen molar-refractivity contribution in [2.45, 2.75) is 19.0 Å². The molecule has 2 nitrogen and oxygen atoms in total. The minimum atomic E-state index is -0.358. The molecule has 1 saturated heterocycles. The predicted molar refractivity (Wildman–Crippen MR) is 59.5 cm³/mol. The molecule has 1 aromatic rings. The molecule has 1 aliphatic heterocycles. The summed E-state index contributed by atoms with van der Waals surface area (Å²) in [5.41, 5.74) is 1.02. The van der Waals surface area contributed by atoms with Crippen molar-refractivity contribution in [1.82, 2.24) is 10.6 Å². The molecular weight excluding hydrogens is 215 g/mol. The first kappa shape index (κ1) is 10.9. The van der Waals surface area contributed by atoms with Gasteiger partial charge in [0.2, 0.25) is 0 Å². The van der Waals surface area contributed by atoms with Gasteiger partial charge in [-0.25, -0.2) is 4.39 Å². The molecule has 2 N–H and O–H groups in total. The monoisotopic (exact) mass is 228 g/mol. The van der Waals surface area contributed by atoms with E-state index in [0.29, 0.717) is 6.04 Å². The van der Waals surface area contributed by atoms with E-state index in [1.54, 1.807) is 12.1 Å². The molecule has 1 aromatic carbocycles. The van der Waals surface area contributed by atoms with Crippen molar-refractivity contribution in [2.24, 2.45) is 0 Å². The molecule has 1 unspecified atom stereocenters. The Balaban J connectivity index is 1.90. The molecule has 0 amide bonds. The van der Waals surface area contributed by atoms with Crippen LogP contribution in [0, 0.1) is 5.82 Å². The summed E-state index contributed by atoms with van der Waals surface area (Å²) in [6.07, 6.45) is 1.15. The first-order chi connectivity index (χ1) is 7.25. The third-order valence-corrected chi connectivity index (χ3v) is 2.93. The van der Waals surface area contributed by atoms with E-state index in [9.17, 15) is 4.39 Å². The lowest BCUT2D eigenvalue weighted by Crippen LogP contribution is -2.30. The highest BCUT2D eigenvalue weighted by Gasteiger charge is 2.13. The van der Waals surface area contributed by atoms with E-state index in [2.05, 4.69) is 10.6 Å². The van der Waals surface area contributed by atoms with Gasteiger partial charge in [0.25, 0.3) is 0 Å². The predicted octanol–water partition coefficient (Wildman–Crippen LogP) is 1.93. The molecule has 0 radical (unpaired) electrons. The van der Waals surface area contributed by atoms with E-state index in [1.807, 2.05) is 0 Å². The quantitative estimate of drug-likeness (QED) is 0.826. The molecule has 4 heteroatoms. The molecule has 0 saturated carbocycles. The summed E-state index contributed by atoms with van der Waals surface area (Å²) in [4.78, 5) is 0. The lowest BCUT2D eigenvalue weighted by molar-refractivity contribution is 0.546. The van der Waals surface area contributed by atoms with Crippen LogP contribution in [0.3, 0.4) is 0 Å². The Kier molecular flexibility index (Phi) is 3.57. The van der Waals surface area contributed by atoms with Gasteiger partial charge < -0.3 is 10.6 Å². The van der Waals surface area contributed by atoms with Crippen LogP contribution in [0.15, 0.2) is 18.2 Å². The standard InChI is InChI=1S/C11H14ClFN2/c12-10-5-8(1-2-11(10)13)6-15-9-3-4-14-7-9/h1-2,5,9,14-15H,3-4,6-7H2. The fourth-order valence-corrected chi connectivity index (χ4v) is 1.94. The van der Waals surface area contributed by atoms with Gasteiger partial charge in [0.15, 0.2) is 0 Å². The van der Waals surface area contributed by atoms with Crippen molar-refractivity contribution in [2.75, 3.05) is 13.1 Å². The molecule has 0 spiro atoms. The zero-order valence-corrected chi connectivity index (χ0v) is 9.15. The average molecular weight is 229 g/mol. The zero-order chi connectivity index (χ0) is 10.7. The van der Waals surface area contributed by atoms with E-state index in [1.165, 1.54) is 6.07 Å². The van der Waals surface area contributed by atoms with Crippen LogP contribution in [0.25, 0.3) is 0 Å². The molecule has 0 aliphatic carbocycles. The average Bonchev–Trinajstić information content (AvgIpc) is 2.73. The van der Waals surface area contributed by atoms with Crippen molar-refractivity contribution >= 4 is 11.6 Å². The fraction of sp³-hybridized carbons (Fsp3) is 0.455. The Bertz CT molecular complexity index is 337. The molecule has 2 rings (SSSR count). The first-order valence-electron chi connectivity index (χ1n) is 5.14. The maximum atomic E-state index is 12.9. The summed E-state index contributed by atoms with van der Waals surface area (Å²) >= 11 is 5.69. The Morgan fingerprint density at radius 1 is 1.53 bits per heavy atom. The van der Waals surface area contributed by atoms with Crippen molar-refractivity contribution < 1.29 is 4.39 Å². The van der Waals surface area contributed by atoms with Crippen molar-refractivity contribution in [3.8, 4) is 0 Å². The third kappa shape index (κ3) is 2.91. The van der Waals surface area contributed by atoms with E-state index >= 15 is 0 Å². The van der Waals surface area contributed by atoms with Crippen LogP contribution in [-0.4, -0.2) is 19.1 Å². The smallest absolute Gasteiger partial charge is 0.141 e. The van der Waals surface area contributed by atoms with Crippen molar-refractivity contribution in [3.05, 3.63) is 34.6 Å². The van der Waals surface area contributed by atoms with E-state index in [4.69, 9.17) is 11.6 Å². The van der Waals surface area contributed by atoms with Crippen LogP contribution in [0.1, 0.15) is 12.0 Å². The Morgan fingerprint density at radius 2 is 2.40 bits per heavy atom. The van der Waals surface area contributed by atoms with Gasteiger partial charge in [-0.05, 0) is 30.7 Å². The van der Waals surface area contributed by atoms with Crippen LogP contribution in [0.4, 0.5) is 4.39 Å². The Morgan fingerprint density at radius 3 is 3.07 bits per heavy atom. The number of hydrogen-bond acceptors (Lipinski definition) is 2. The van der Waals surface area contributed by atoms with Crippen LogP contribution in [0.5, 0.6) is 0 Å². The number of benzene rings is 1. The molecular formula is C11H14ClFN2. The molecule has 1 fully saturated rings. The third-order valence-electron chi connectivity index (χ3n) is 2.64. The topological polar surface area (TPSA) is 24.1 Å². The summed E-state index contributed by atoms with van der Waals surface area (Å²) < 4.78 is 12.9. The van der Waals surface area contributed by atoms with Crippen molar-refractivity contribution in [3.63, 3.8) is 0 Å². The van der Waals surface area contributed by atoms with Gasteiger partial charge in [-0.3, -0.25) is 0 Å². The van der Waals surface area contributed by atoms with Gasteiger partial charge in [-0.2, -0.15) is 0 Å². The molecule has 1 heterocycles. The second kappa shape index (κ2) is 4.92. The summed E-state index contributed by atoms with van der Waals surface area (Å²) in [6.45, 7) is 2.82. The minimum Gasteiger partial charge on any atom is -0.315 e. The highest BCUT2D eigenvalue weighted by Crippen LogP contribution is 2.16. The number of hydrogen-bond donors (Lipinski definition) is 2. The lowest BCUT2D eigenvalue weighted by atomic mass is 10.2. The normalized spacial score (nSPS) is 20.8. The van der Waals surface area contributed by atoms with Gasteiger partial charge >= 0.3 is 0 Å². The summed E-state index contributed by atoms with van der Waals surface area (Å²) in [6, 6.07) is 5.36. The Hall–Kier alpha value is -0.640. The number of rotatable bonds is 3. The maximum absolute atomic E-state index is 12.9. The number of halogens is 2. The molecule has 15 heavy (non-hydrogen) atoms. The SMILES string of the molecule is Fc1ccc(CNC2CCNC2)cc1Cl. The van der Waals surface area contributed by atoms with E-state index in [0.717, 1.165) is 31.6 Å². The van der Waals surface area contributed by atoms with E-state index in [-0.39, 0.29) is 10.8 Å².